The Kier molecular flexibility index (Phi) is 5.01. The lowest BCUT2D eigenvalue weighted by Crippen LogP contribution is -2.39. The molecule has 0 spiro atoms. The Labute approximate surface area is 120 Å². The smallest absolute Gasteiger partial charge is 0.260 e. The van der Waals surface area contributed by atoms with Crippen molar-refractivity contribution in [2.45, 2.75) is 39.3 Å². The first-order valence-electron chi connectivity index (χ1n) is 7.31. The van der Waals surface area contributed by atoms with Crippen LogP contribution in [0.15, 0.2) is 24.3 Å². The number of amides is 1. The standard InChI is InChI=1S/C16H24N2O2/c1-12(2)10-18(14-5-6-14)16(19)11-20-15-7-3-13(9-17)4-8-15/h3-4,7-8,12,14H,5-6,9-11,17H2,1-2H3. The summed E-state index contributed by atoms with van der Waals surface area (Å²) in [6, 6.07) is 8.01. The fourth-order valence-electron chi connectivity index (χ4n) is 2.18. The molecule has 0 atom stereocenters. The zero-order valence-corrected chi connectivity index (χ0v) is 12.3. The molecule has 0 radical (unpaired) electrons. The molecule has 1 aromatic carbocycles. The van der Waals surface area contributed by atoms with E-state index in [0.717, 1.165) is 30.7 Å². The van der Waals surface area contributed by atoms with Crippen molar-refractivity contribution in [2.24, 2.45) is 11.7 Å². The highest BCUT2D eigenvalue weighted by Crippen LogP contribution is 2.27. The number of benzene rings is 1. The Morgan fingerprint density at radius 1 is 1.35 bits per heavy atom. The van der Waals surface area contributed by atoms with Crippen LogP contribution in [0.1, 0.15) is 32.3 Å². The van der Waals surface area contributed by atoms with Crippen molar-refractivity contribution in [2.75, 3.05) is 13.2 Å². The van der Waals surface area contributed by atoms with Crippen molar-refractivity contribution in [3.8, 4) is 5.75 Å². The van der Waals surface area contributed by atoms with Gasteiger partial charge in [-0.15, -0.1) is 0 Å². The molecule has 4 nitrogen and oxygen atoms in total. The van der Waals surface area contributed by atoms with E-state index in [1.807, 2.05) is 29.2 Å². The van der Waals surface area contributed by atoms with E-state index in [2.05, 4.69) is 13.8 Å². The summed E-state index contributed by atoms with van der Waals surface area (Å²) >= 11 is 0. The van der Waals surface area contributed by atoms with Crippen molar-refractivity contribution in [1.29, 1.82) is 0 Å². The zero-order valence-electron chi connectivity index (χ0n) is 12.3. The van der Waals surface area contributed by atoms with Crippen molar-refractivity contribution >= 4 is 5.91 Å². The summed E-state index contributed by atoms with van der Waals surface area (Å²) in [6.07, 6.45) is 2.26. The molecular weight excluding hydrogens is 252 g/mol. The van der Waals surface area contributed by atoms with Crippen LogP contribution in [-0.2, 0) is 11.3 Å². The first kappa shape index (κ1) is 14.9. The topological polar surface area (TPSA) is 55.6 Å². The molecule has 0 bridgehead atoms. The van der Waals surface area contributed by atoms with Crippen LogP contribution in [0.2, 0.25) is 0 Å². The van der Waals surface area contributed by atoms with Gasteiger partial charge < -0.3 is 15.4 Å². The lowest BCUT2D eigenvalue weighted by Gasteiger charge is -2.24. The SMILES string of the molecule is CC(C)CN(C(=O)COc1ccc(CN)cc1)C1CC1. The van der Waals surface area contributed by atoms with Gasteiger partial charge in [0.1, 0.15) is 5.75 Å². The van der Waals surface area contributed by atoms with E-state index in [4.69, 9.17) is 10.5 Å². The van der Waals surface area contributed by atoms with Gasteiger partial charge in [-0.25, -0.2) is 0 Å². The molecule has 1 fully saturated rings. The average Bonchev–Trinajstić information content (AvgIpc) is 3.27. The third-order valence-corrected chi connectivity index (χ3v) is 3.39. The predicted octanol–water partition coefficient (Wildman–Crippen LogP) is 2.17. The van der Waals surface area contributed by atoms with Crippen LogP contribution < -0.4 is 10.5 Å². The molecule has 110 valence electrons. The minimum absolute atomic E-state index is 0.0871. The van der Waals surface area contributed by atoms with Gasteiger partial charge in [-0.1, -0.05) is 26.0 Å². The number of nitrogens with two attached hydrogens (primary N) is 1. The highest BCUT2D eigenvalue weighted by molar-refractivity contribution is 5.78. The number of carbonyl (C=O) groups excluding carboxylic acids is 1. The molecule has 0 saturated heterocycles. The van der Waals surface area contributed by atoms with E-state index in [9.17, 15) is 4.79 Å². The molecule has 1 amide bonds. The number of hydrogen-bond acceptors (Lipinski definition) is 3. The van der Waals surface area contributed by atoms with Gasteiger partial charge in [-0.2, -0.15) is 0 Å². The third kappa shape index (κ3) is 4.23. The minimum atomic E-state index is 0.0871. The lowest BCUT2D eigenvalue weighted by atomic mass is 10.2. The van der Waals surface area contributed by atoms with Crippen molar-refractivity contribution in [3.05, 3.63) is 29.8 Å². The Bertz CT molecular complexity index is 438. The summed E-state index contributed by atoms with van der Waals surface area (Å²) in [4.78, 5) is 14.2. The molecule has 0 aliphatic heterocycles. The first-order chi connectivity index (χ1) is 9.60. The van der Waals surface area contributed by atoms with Crippen molar-refractivity contribution < 1.29 is 9.53 Å². The van der Waals surface area contributed by atoms with Crippen molar-refractivity contribution in [1.82, 2.24) is 4.90 Å². The second-order valence-corrected chi connectivity index (χ2v) is 5.81. The van der Waals surface area contributed by atoms with E-state index in [1.165, 1.54) is 0 Å². The maximum Gasteiger partial charge on any atom is 0.260 e. The van der Waals surface area contributed by atoms with Crippen LogP contribution in [0.5, 0.6) is 5.75 Å². The summed E-state index contributed by atoms with van der Waals surface area (Å²) in [6.45, 7) is 5.72. The summed E-state index contributed by atoms with van der Waals surface area (Å²) < 4.78 is 5.58. The van der Waals surface area contributed by atoms with Crippen LogP contribution in [0.4, 0.5) is 0 Å². The summed E-state index contributed by atoms with van der Waals surface area (Å²) in [5.74, 6) is 1.29. The first-order valence-corrected chi connectivity index (χ1v) is 7.31. The highest BCUT2D eigenvalue weighted by atomic mass is 16.5. The van der Waals surface area contributed by atoms with Crippen molar-refractivity contribution in [3.63, 3.8) is 0 Å². The number of ether oxygens (including phenoxy) is 1. The Morgan fingerprint density at radius 3 is 2.50 bits per heavy atom. The van der Waals surface area contributed by atoms with E-state index in [1.54, 1.807) is 0 Å². The molecule has 1 saturated carbocycles. The molecule has 2 N–H and O–H groups in total. The Morgan fingerprint density at radius 2 is 2.00 bits per heavy atom. The molecular formula is C16H24N2O2. The molecule has 0 unspecified atom stereocenters. The maximum atomic E-state index is 12.2. The molecule has 1 aliphatic carbocycles. The van der Waals surface area contributed by atoms with Gasteiger partial charge in [0.15, 0.2) is 6.61 Å². The third-order valence-electron chi connectivity index (χ3n) is 3.39. The number of hydrogen-bond donors (Lipinski definition) is 1. The monoisotopic (exact) mass is 276 g/mol. The van der Waals surface area contributed by atoms with E-state index in [0.29, 0.717) is 18.5 Å². The average molecular weight is 276 g/mol. The minimum Gasteiger partial charge on any atom is -0.484 e. The van der Waals surface area contributed by atoms with Gasteiger partial charge in [-0.05, 0) is 36.5 Å². The Hall–Kier alpha value is -1.55. The van der Waals surface area contributed by atoms with Crippen LogP contribution in [0.3, 0.4) is 0 Å². The number of nitrogens with zero attached hydrogens (tertiary/aromatic N) is 1. The van der Waals surface area contributed by atoms with Crippen LogP contribution in [0, 0.1) is 5.92 Å². The van der Waals surface area contributed by atoms with Gasteiger partial charge in [0.05, 0.1) is 0 Å². The molecule has 0 heterocycles. The second kappa shape index (κ2) is 6.75. The summed E-state index contributed by atoms with van der Waals surface area (Å²) in [5, 5.41) is 0. The number of rotatable bonds is 7. The molecule has 1 aliphatic rings. The van der Waals surface area contributed by atoms with Crippen LogP contribution in [0.25, 0.3) is 0 Å². The van der Waals surface area contributed by atoms with E-state index in [-0.39, 0.29) is 12.5 Å². The lowest BCUT2D eigenvalue weighted by molar-refractivity contribution is -0.134. The summed E-state index contributed by atoms with van der Waals surface area (Å²) in [5.41, 5.74) is 6.61. The quantitative estimate of drug-likeness (QED) is 0.830. The number of carbonyl (C=O) groups is 1. The fourth-order valence-corrected chi connectivity index (χ4v) is 2.18. The van der Waals surface area contributed by atoms with E-state index < -0.39 is 0 Å². The largest absolute Gasteiger partial charge is 0.484 e. The van der Waals surface area contributed by atoms with Gasteiger partial charge in [-0.3, -0.25) is 4.79 Å². The van der Waals surface area contributed by atoms with Gasteiger partial charge >= 0.3 is 0 Å². The van der Waals surface area contributed by atoms with Crippen LogP contribution in [-0.4, -0.2) is 30.0 Å². The summed E-state index contributed by atoms with van der Waals surface area (Å²) in [7, 11) is 0. The Balaban J connectivity index is 1.86. The molecule has 20 heavy (non-hydrogen) atoms. The molecule has 4 heteroatoms. The molecule has 0 aromatic heterocycles. The van der Waals surface area contributed by atoms with Gasteiger partial charge in [0, 0.05) is 19.1 Å². The highest BCUT2D eigenvalue weighted by Gasteiger charge is 2.32. The fraction of sp³-hybridized carbons (Fsp3) is 0.562. The van der Waals surface area contributed by atoms with Gasteiger partial charge in [0.25, 0.3) is 5.91 Å². The van der Waals surface area contributed by atoms with E-state index >= 15 is 0 Å². The normalized spacial score (nSPS) is 14.4. The zero-order chi connectivity index (χ0) is 14.5. The molecule has 2 rings (SSSR count). The van der Waals surface area contributed by atoms with Gasteiger partial charge in [0.2, 0.25) is 0 Å². The van der Waals surface area contributed by atoms with Crippen LogP contribution >= 0.6 is 0 Å². The molecule has 1 aromatic rings. The predicted molar refractivity (Wildman–Crippen MR) is 79.4 cm³/mol. The second-order valence-electron chi connectivity index (χ2n) is 5.81. The maximum absolute atomic E-state index is 12.2.